The molecule has 1 aliphatic rings. The molecule has 0 unspecified atom stereocenters. The SMILES string of the molecule is CCCN(C(=O)Cc1nc(-c2ccccc2)oc1C)C1CCNCC1. The number of amides is 1. The third-order valence-corrected chi connectivity index (χ3v) is 4.77. The quantitative estimate of drug-likeness (QED) is 0.877. The van der Waals surface area contributed by atoms with E-state index in [1.807, 2.05) is 37.3 Å². The lowest BCUT2D eigenvalue weighted by molar-refractivity contribution is -0.133. The van der Waals surface area contributed by atoms with Crippen molar-refractivity contribution < 1.29 is 9.21 Å². The Morgan fingerprint density at radius 3 is 2.68 bits per heavy atom. The summed E-state index contributed by atoms with van der Waals surface area (Å²) in [6, 6.07) is 10.2. The number of oxazole rings is 1. The molecule has 2 aromatic rings. The van der Waals surface area contributed by atoms with Crippen LogP contribution < -0.4 is 5.32 Å². The van der Waals surface area contributed by atoms with Gasteiger partial charge in [0.1, 0.15) is 5.76 Å². The van der Waals surface area contributed by atoms with Gasteiger partial charge in [0.2, 0.25) is 11.8 Å². The largest absolute Gasteiger partial charge is 0.441 e. The van der Waals surface area contributed by atoms with Crippen molar-refractivity contribution in [3.63, 3.8) is 0 Å². The molecule has 0 bridgehead atoms. The average molecular weight is 341 g/mol. The molecule has 1 N–H and O–H groups in total. The summed E-state index contributed by atoms with van der Waals surface area (Å²) >= 11 is 0. The maximum absolute atomic E-state index is 12.9. The standard InChI is InChI=1S/C20H27N3O2/c1-3-13-23(17-9-11-21-12-10-17)19(24)14-18-15(2)25-20(22-18)16-7-5-4-6-8-16/h4-8,17,21H,3,9-14H2,1-2H3. The molecular weight excluding hydrogens is 314 g/mol. The first-order chi connectivity index (χ1) is 12.2. The molecule has 1 amide bonds. The lowest BCUT2D eigenvalue weighted by atomic mass is 10.0. The Bertz CT molecular complexity index is 690. The van der Waals surface area contributed by atoms with Gasteiger partial charge in [-0.05, 0) is 51.4 Å². The molecule has 0 radical (unpaired) electrons. The van der Waals surface area contributed by atoms with E-state index in [0.717, 1.165) is 55.9 Å². The second-order valence-corrected chi connectivity index (χ2v) is 6.63. The number of benzene rings is 1. The van der Waals surface area contributed by atoms with E-state index in [1.165, 1.54) is 0 Å². The number of nitrogens with one attached hydrogen (secondary N) is 1. The molecule has 0 aliphatic carbocycles. The van der Waals surface area contributed by atoms with Crippen LogP contribution in [0.2, 0.25) is 0 Å². The molecule has 3 rings (SSSR count). The first kappa shape index (κ1) is 17.7. The highest BCUT2D eigenvalue weighted by Gasteiger charge is 2.26. The highest BCUT2D eigenvalue weighted by Crippen LogP contribution is 2.22. The Morgan fingerprint density at radius 1 is 1.28 bits per heavy atom. The molecule has 1 aromatic carbocycles. The number of hydrogen-bond acceptors (Lipinski definition) is 4. The number of aryl methyl sites for hydroxylation is 1. The third kappa shape index (κ3) is 4.28. The molecule has 1 aliphatic heterocycles. The van der Waals surface area contributed by atoms with E-state index in [9.17, 15) is 4.79 Å². The van der Waals surface area contributed by atoms with Crippen LogP contribution in [-0.4, -0.2) is 41.5 Å². The van der Waals surface area contributed by atoms with Gasteiger partial charge in [-0.15, -0.1) is 0 Å². The number of piperidine rings is 1. The van der Waals surface area contributed by atoms with Gasteiger partial charge in [0.25, 0.3) is 0 Å². The molecule has 134 valence electrons. The highest BCUT2D eigenvalue weighted by atomic mass is 16.4. The maximum Gasteiger partial charge on any atom is 0.228 e. The maximum atomic E-state index is 12.9. The Kier molecular flexibility index (Phi) is 5.87. The zero-order chi connectivity index (χ0) is 17.6. The zero-order valence-corrected chi connectivity index (χ0v) is 15.1. The second-order valence-electron chi connectivity index (χ2n) is 6.63. The molecule has 1 saturated heterocycles. The third-order valence-electron chi connectivity index (χ3n) is 4.77. The summed E-state index contributed by atoms with van der Waals surface area (Å²) in [6.07, 6.45) is 3.34. The van der Waals surface area contributed by atoms with Crippen LogP contribution in [0.15, 0.2) is 34.7 Å². The van der Waals surface area contributed by atoms with Crippen LogP contribution in [0.25, 0.3) is 11.5 Å². The molecule has 1 aromatic heterocycles. The van der Waals surface area contributed by atoms with E-state index in [-0.39, 0.29) is 5.91 Å². The smallest absolute Gasteiger partial charge is 0.228 e. The van der Waals surface area contributed by atoms with E-state index < -0.39 is 0 Å². The van der Waals surface area contributed by atoms with Crippen molar-refractivity contribution in [1.29, 1.82) is 0 Å². The van der Waals surface area contributed by atoms with Crippen LogP contribution in [0.4, 0.5) is 0 Å². The lowest BCUT2D eigenvalue weighted by Crippen LogP contribution is -2.47. The fraction of sp³-hybridized carbons (Fsp3) is 0.500. The van der Waals surface area contributed by atoms with Crippen LogP contribution in [0, 0.1) is 6.92 Å². The van der Waals surface area contributed by atoms with E-state index in [4.69, 9.17) is 4.42 Å². The molecule has 25 heavy (non-hydrogen) atoms. The molecule has 5 nitrogen and oxygen atoms in total. The van der Waals surface area contributed by atoms with Crippen LogP contribution in [-0.2, 0) is 11.2 Å². The number of aromatic nitrogens is 1. The van der Waals surface area contributed by atoms with Gasteiger partial charge >= 0.3 is 0 Å². The van der Waals surface area contributed by atoms with Gasteiger partial charge in [0.15, 0.2) is 0 Å². The summed E-state index contributed by atoms with van der Waals surface area (Å²) in [6.45, 7) is 6.79. The fourth-order valence-electron chi connectivity index (χ4n) is 3.41. The first-order valence-corrected chi connectivity index (χ1v) is 9.21. The van der Waals surface area contributed by atoms with Gasteiger partial charge in [0, 0.05) is 18.2 Å². The Balaban J connectivity index is 1.73. The molecule has 5 heteroatoms. The number of nitrogens with zero attached hydrogens (tertiary/aromatic N) is 2. The predicted molar refractivity (Wildman–Crippen MR) is 98.3 cm³/mol. The van der Waals surface area contributed by atoms with E-state index in [2.05, 4.69) is 22.1 Å². The van der Waals surface area contributed by atoms with E-state index in [0.29, 0.717) is 18.4 Å². The second kappa shape index (κ2) is 8.30. The summed E-state index contributed by atoms with van der Waals surface area (Å²) in [5.74, 6) is 1.48. The molecule has 0 atom stereocenters. The normalized spacial score (nSPS) is 15.3. The zero-order valence-electron chi connectivity index (χ0n) is 15.1. The van der Waals surface area contributed by atoms with Crippen molar-refractivity contribution in [1.82, 2.24) is 15.2 Å². The van der Waals surface area contributed by atoms with Crippen molar-refractivity contribution in [3.8, 4) is 11.5 Å². The molecule has 0 spiro atoms. The number of carbonyl (C=O) groups excluding carboxylic acids is 1. The van der Waals surface area contributed by atoms with Gasteiger partial charge in [-0.1, -0.05) is 25.1 Å². The average Bonchev–Trinajstić information content (AvgIpc) is 3.01. The topological polar surface area (TPSA) is 58.4 Å². The van der Waals surface area contributed by atoms with Crippen LogP contribution in [0.5, 0.6) is 0 Å². The van der Waals surface area contributed by atoms with Gasteiger partial charge in [0.05, 0.1) is 12.1 Å². The van der Waals surface area contributed by atoms with Crippen molar-refractivity contribution >= 4 is 5.91 Å². The van der Waals surface area contributed by atoms with Crippen LogP contribution in [0.1, 0.15) is 37.6 Å². The van der Waals surface area contributed by atoms with Crippen LogP contribution >= 0.6 is 0 Å². The van der Waals surface area contributed by atoms with E-state index in [1.54, 1.807) is 0 Å². The van der Waals surface area contributed by atoms with Gasteiger partial charge in [-0.2, -0.15) is 0 Å². The first-order valence-electron chi connectivity index (χ1n) is 9.21. The van der Waals surface area contributed by atoms with Crippen molar-refractivity contribution in [3.05, 3.63) is 41.8 Å². The lowest BCUT2D eigenvalue weighted by Gasteiger charge is -2.34. The Morgan fingerprint density at radius 2 is 2.00 bits per heavy atom. The summed E-state index contributed by atoms with van der Waals surface area (Å²) in [5, 5.41) is 3.37. The number of hydrogen-bond donors (Lipinski definition) is 1. The molecule has 0 saturated carbocycles. The van der Waals surface area contributed by atoms with Crippen molar-refractivity contribution in [2.75, 3.05) is 19.6 Å². The summed E-state index contributed by atoms with van der Waals surface area (Å²) in [7, 11) is 0. The summed E-state index contributed by atoms with van der Waals surface area (Å²) < 4.78 is 5.79. The molecule has 2 heterocycles. The molecule has 1 fully saturated rings. The predicted octanol–water partition coefficient (Wildman–Crippen LogP) is 3.18. The number of carbonyl (C=O) groups is 1. The van der Waals surface area contributed by atoms with Gasteiger partial charge in [-0.3, -0.25) is 4.79 Å². The Labute approximate surface area is 149 Å². The fourth-order valence-corrected chi connectivity index (χ4v) is 3.41. The summed E-state index contributed by atoms with van der Waals surface area (Å²) in [5.41, 5.74) is 1.69. The highest BCUT2D eigenvalue weighted by molar-refractivity contribution is 5.79. The van der Waals surface area contributed by atoms with Gasteiger partial charge < -0.3 is 14.6 Å². The van der Waals surface area contributed by atoms with Crippen LogP contribution in [0.3, 0.4) is 0 Å². The van der Waals surface area contributed by atoms with E-state index >= 15 is 0 Å². The number of rotatable bonds is 6. The van der Waals surface area contributed by atoms with Crippen molar-refractivity contribution in [2.45, 2.75) is 45.6 Å². The monoisotopic (exact) mass is 341 g/mol. The minimum atomic E-state index is 0.157. The minimum absolute atomic E-state index is 0.157. The molecular formula is C20H27N3O2. The summed E-state index contributed by atoms with van der Waals surface area (Å²) in [4.78, 5) is 19.6. The van der Waals surface area contributed by atoms with Gasteiger partial charge in [-0.25, -0.2) is 4.98 Å². The Hall–Kier alpha value is -2.14. The minimum Gasteiger partial charge on any atom is -0.441 e. The van der Waals surface area contributed by atoms with Crippen molar-refractivity contribution in [2.24, 2.45) is 0 Å².